The number of rotatable bonds is 6. The molecule has 2 aromatic carbocycles. The molecule has 0 saturated heterocycles. The van der Waals surface area contributed by atoms with Crippen LogP contribution < -0.4 is 10.6 Å². The van der Waals surface area contributed by atoms with E-state index in [2.05, 4.69) is 75.1 Å². The molecule has 0 radical (unpaired) electrons. The van der Waals surface area contributed by atoms with E-state index in [0.717, 1.165) is 51.5 Å². The standard InChI is InChI=1S/C21H28N4.HI/c1-22-21(23-13-11-18-7-3-2-4-8-18)24-14-16-25-15-12-19-9-5-6-10-20(19)17-25;/h2-10H,11-17H2,1H3,(H2,22,23,24);1H. The lowest BCUT2D eigenvalue weighted by Crippen LogP contribution is -2.43. The monoisotopic (exact) mass is 464 g/mol. The molecule has 5 heteroatoms. The second-order valence-corrected chi connectivity index (χ2v) is 6.46. The topological polar surface area (TPSA) is 39.7 Å². The summed E-state index contributed by atoms with van der Waals surface area (Å²) >= 11 is 0. The molecule has 140 valence electrons. The van der Waals surface area contributed by atoms with Gasteiger partial charge in [0.25, 0.3) is 0 Å². The fraction of sp³-hybridized carbons (Fsp3) is 0.381. The molecule has 2 N–H and O–H groups in total. The van der Waals surface area contributed by atoms with Crippen LogP contribution in [0, 0.1) is 0 Å². The van der Waals surface area contributed by atoms with Crippen LogP contribution in [0.1, 0.15) is 16.7 Å². The summed E-state index contributed by atoms with van der Waals surface area (Å²) in [6.45, 7) is 5.03. The number of nitrogens with zero attached hydrogens (tertiary/aromatic N) is 2. The molecule has 2 aromatic rings. The van der Waals surface area contributed by atoms with Crippen molar-refractivity contribution in [1.82, 2.24) is 15.5 Å². The third-order valence-corrected chi connectivity index (χ3v) is 4.70. The van der Waals surface area contributed by atoms with Gasteiger partial charge in [-0.3, -0.25) is 9.89 Å². The van der Waals surface area contributed by atoms with Crippen LogP contribution in [-0.2, 0) is 19.4 Å². The van der Waals surface area contributed by atoms with Crippen LogP contribution in [0.3, 0.4) is 0 Å². The zero-order valence-electron chi connectivity index (χ0n) is 15.4. The molecule has 0 unspecified atom stereocenters. The Kier molecular flexibility index (Phi) is 8.91. The van der Waals surface area contributed by atoms with Gasteiger partial charge in [0, 0.05) is 39.8 Å². The van der Waals surface area contributed by atoms with Crippen LogP contribution in [0.25, 0.3) is 0 Å². The minimum absolute atomic E-state index is 0. The van der Waals surface area contributed by atoms with E-state index in [1.165, 1.54) is 16.7 Å². The maximum atomic E-state index is 4.31. The Morgan fingerprint density at radius 1 is 0.962 bits per heavy atom. The molecule has 0 fully saturated rings. The number of guanidine groups is 1. The molecular weight excluding hydrogens is 435 g/mol. The summed E-state index contributed by atoms with van der Waals surface area (Å²) < 4.78 is 0. The van der Waals surface area contributed by atoms with Gasteiger partial charge >= 0.3 is 0 Å². The van der Waals surface area contributed by atoms with E-state index in [9.17, 15) is 0 Å². The Morgan fingerprint density at radius 2 is 1.65 bits per heavy atom. The number of benzene rings is 2. The van der Waals surface area contributed by atoms with Gasteiger partial charge in [0.05, 0.1) is 0 Å². The van der Waals surface area contributed by atoms with Crippen molar-refractivity contribution in [1.29, 1.82) is 0 Å². The van der Waals surface area contributed by atoms with Crippen LogP contribution in [0.15, 0.2) is 59.6 Å². The van der Waals surface area contributed by atoms with Gasteiger partial charge in [0.15, 0.2) is 5.96 Å². The van der Waals surface area contributed by atoms with Crippen molar-refractivity contribution in [3.63, 3.8) is 0 Å². The minimum atomic E-state index is 0. The van der Waals surface area contributed by atoms with Crippen LogP contribution in [0.2, 0.25) is 0 Å². The van der Waals surface area contributed by atoms with Gasteiger partial charge in [0.1, 0.15) is 0 Å². The third kappa shape index (κ3) is 6.29. The zero-order chi connectivity index (χ0) is 17.3. The van der Waals surface area contributed by atoms with Gasteiger partial charge in [-0.15, -0.1) is 24.0 Å². The lowest BCUT2D eigenvalue weighted by Gasteiger charge is -2.28. The Balaban J connectivity index is 0.00000243. The molecule has 0 saturated carbocycles. The summed E-state index contributed by atoms with van der Waals surface area (Å²) in [4.78, 5) is 6.82. The number of nitrogens with one attached hydrogen (secondary N) is 2. The number of hydrogen-bond acceptors (Lipinski definition) is 2. The van der Waals surface area contributed by atoms with Crippen molar-refractivity contribution >= 4 is 29.9 Å². The fourth-order valence-corrected chi connectivity index (χ4v) is 3.27. The van der Waals surface area contributed by atoms with E-state index < -0.39 is 0 Å². The van der Waals surface area contributed by atoms with Gasteiger partial charge in [-0.2, -0.15) is 0 Å². The molecule has 0 aromatic heterocycles. The maximum Gasteiger partial charge on any atom is 0.191 e. The Labute approximate surface area is 174 Å². The van der Waals surface area contributed by atoms with Gasteiger partial charge in [-0.05, 0) is 29.5 Å². The van der Waals surface area contributed by atoms with Gasteiger partial charge in [0.2, 0.25) is 0 Å². The quantitative estimate of drug-likeness (QED) is 0.392. The normalized spacial score (nSPS) is 14.3. The molecule has 1 heterocycles. The minimum Gasteiger partial charge on any atom is -0.356 e. The molecule has 1 aliphatic rings. The van der Waals surface area contributed by atoms with Gasteiger partial charge < -0.3 is 10.6 Å². The van der Waals surface area contributed by atoms with Crippen molar-refractivity contribution in [3.8, 4) is 0 Å². The first-order chi connectivity index (χ1) is 12.3. The lowest BCUT2D eigenvalue weighted by atomic mass is 10.00. The van der Waals surface area contributed by atoms with Crippen molar-refractivity contribution in [3.05, 3.63) is 71.3 Å². The van der Waals surface area contributed by atoms with Crippen LogP contribution in [-0.4, -0.2) is 44.1 Å². The van der Waals surface area contributed by atoms with E-state index >= 15 is 0 Å². The highest BCUT2D eigenvalue weighted by atomic mass is 127. The molecule has 1 aliphatic heterocycles. The maximum absolute atomic E-state index is 4.31. The van der Waals surface area contributed by atoms with Crippen LogP contribution in [0.5, 0.6) is 0 Å². The van der Waals surface area contributed by atoms with E-state index in [1.54, 1.807) is 0 Å². The molecule has 0 atom stereocenters. The highest BCUT2D eigenvalue weighted by Crippen LogP contribution is 2.17. The molecule has 0 aliphatic carbocycles. The number of hydrogen-bond donors (Lipinski definition) is 2. The molecule has 4 nitrogen and oxygen atoms in total. The predicted octanol–water partition coefficient (Wildman–Crippen LogP) is 3.07. The van der Waals surface area contributed by atoms with Crippen molar-refractivity contribution < 1.29 is 0 Å². The first-order valence-electron chi connectivity index (χ1n) is 9.13. The Bertz CT molecular complexity index is 687. The van der Waals surface area contributed by atoms with Crippen LogP contribution >= 0.6 is 24.0 Å². The molecule has 0 bridgehead atoms. The fourth-order valence-electron chi connectivity index (χ4n) is 3.27. The smallest absolute Gasteiger partial charge is 0.191 e. The predicted molar refractivity (Wildman–Crippen MR) is 120 cm³/mol. The number of fused-ring (bicyclic) bond motifs is 1. The Hall–Kier alpha value is -1.60. The largest absolute Gasteiger partial charge is 0.356 e. The van der Waals surface area contributed by atoms with E-state index in [-0.39, 0.29) is 24.0 Å². The molecule has 0 amide bonds. The molecule has 0 spiro atoms. The van der Waals surface area contributed by atoms with Gasteiger partial charge in [-0.25, -0.2) is 0 Å². The summed E-state index contributed by atoms with van der Waals surface area (Å²) in [7, 11) is 1.83. The Morgan fingerprint density at radius 3 is 2.42 bits per heavy atom. The summed E-state index contributed by atoms with van der Waals surface area (Å²) in [5.74, 6) is 0.883. The van der Waals surface area contributed by atoms with E-state index in [1.807, 2.05) is 7.05 Å². The summed E-state index contributed by atoms with van der Waals surface area (Å²) in [5.41, 5.74) is 4.32. The van der Waals surface area contributed by atoms with Crippen LogP contribution in [0.4, 0.5) is 0 Å². The summed E-state index contributed by atoms with van der Waals surface area (Å²) in [5, 5.41) is 6.82. The summed E-state index contributed by atoms with van der Waals surface area (Å²) in [6.07, 6.45) is 2.16. The average molecular weight is 464 g/mol. The van der Waals surface area contributed by atoms with Crippen molar-refractivity contribution in [2.75, 3.05) is 33.2 Å². The second kappa shape index (κ2) is 11.2. The first kappa shape index (κ1) is 20.7. The molecular formula is C21H29IN4. The lowest BCUT2D eigenvalue weighted by molar-refractivity contribution is 0.258. The highest BCUT2D eigenvalue weighted by Gasteiger charge is 2.14. The van der Waals surface area contributed by atoms with E-state index in [4.69, 9.17) is 0 Å². The summed E-state index contributed by atoms with van der Waals surface area (Å²) in [6, 6.07) is 19.3. The third-order valence-electron chi connectivity index (χ3n) is 4.70. The SMILES string of the molecule is CN=C(NCCc1ccccc1)NCCN1CCc2ccccc2C1.I. The van der Waals surface area contributed by atoms with Crippen molar-refractivity contribution in [2.24, 2.45) is 4.99 Å². The molecule has 3 rings (SSSR count). The van der Waals surface area contributed by atoms with Gasteiger partial charge in [-0.1, -0.05) is 54.6 Å². The number of aliphatic imine (C=N–C) groups is 1. The first-order valence-corrected chi connectivity index (χ1v) is 9.13. The second-order valence-electron chi connectivity index (χ2n) is 6.46. The highest BCUT2D eigenvalue weighted by molar-refractivity contribution is 14.0. The average Bonchev–Trinajstić information content (AvgIpc) is 2.67. The van der Waals surface area contributed by atoms with E-state index in [0.29, 0.717) is 0 Å². The molecule has 26 heavy (non-hydrogen) atoms. The van der Waals surface area contributed by atoms with Crippen molar-refractivity contribution in [2.45, 2.75) is 19.4 Å². The zero-order valence-corrected chi connectivity index (χ0v) is 17.8. The number of halogens is 1.